The highest BCUT2D eigenvalue weighted by molar-refractivity contribution is 9.10. The lowest BCUT2D eigenvalue weighted by molar-refractivity contribution is 0.177. The molecule has 0 radical (unpaired) electrons. The van der Waals surface area contributed by atoms with Gasteiger partial charge in [-0.3, -0.25) is 0 Å². The number of benzene rings is 2. The Kier molecular flexibility index (Phi) is 4.21. The van der Waals surface area contributed by atoms with Crippen LogP contribution in [0.5, 0.6) is 0 Å². The lowest BCUT2D eigenvalue weighted by Crippen LogP contribution is -2.02. The minimum absolute atomic E-state index is 0.524. The average Bonchev–Trinajstić information content (AvgIpc) is 2.29. The van der Waals surface area contributed by atoms with Crippen LogP contribution in [0.15, 0.2) is 53.0 Å². The Labute approximate surface area is 114 Å². The van der Waals surface area contributed by atoms with Crippen LogP contribution in [0.4, 0.5) is 0 Å². The molecule has 0 aromatic heterocycles. The number of aliphatic hydroxyl groups is 1. The zero-order valence-electron chi connectivity index (χ0n) is 9.11. The molecular formula is C14H12BrClO. The molecule has 1 unspecified atom stereocenters. The second kappa shape index (κ2) is 5.67. The Morgan fingerprint density at radius 3 is 2.59 bits per heavy atom. The molecule has 88 valence electrons. The number of halogens is 2. The van der Waals surface area contributed by atoms with Crippen molar-refractivity contribution in [3.8, 4) is 0 Å². The summed E-state index contributed by atoms with van der Waals surface area (Å²) >= 11 is 9.35. The van der Waals surface area contributed by atoms with Crippen LogP contribution in [0.1, 0.15) is 17.2 Å². The standard InChI is InChI=1S/C14H12BrClO/c15-13-7-2-1-6-12(13)14(17)9-10-4-3-5-11(16)8-10/h1-8,14,17H,9H2. The van der Waals surface area contributed by atoms with Gasteiger partial charge < -0.3 is 5.11 Å². The minimum Gasteiger partial charge on any atom is -0.388 e. The van der Waals surface area contributed by atoms with Crippen molar-refractivity contribution in [3.05, 3.63) is 69.2 Å². The predicted molar refractivity (Wildman–Crippen MR) is 74.3 cm³/mol. The van der Waals surface area contributed by atoms with Crippen LogP contribution in [-0.2, 0) is 6.42 Å². The normalized spacial score (nSPS) is 12.4. The molecule has 0 aliphatic carbocycles. The second-order valence-corrected chi connectivity index (χ2v) is 5.16. The molecule has 1 N–H and O–H groups in total. The largest absolute Gasteiger partial charge is 0.388 e. The summed E-state index contributed by atoms with van der Waals surface area (Å²) in [7, 11) is 0. The average molecular weight is 312 g/mol. The summed E-state index contributed by atoms with van der Waals surface area (Å²) in [6.07, 6.45) is 0.0347. The Hall–Kier alpha value is -0.830. The second-order valence-electron chi connectivity index (χ2n) is 3.87. The van der Waals surface area contributed by atoms with Crippen LogP contribution in [0.2, 0.25) is 5.02 Å². The van der Waals surface area contributed by atoms with E-state index in [-0.39, 0.29) is 0 Å². The van der Waals surface area contributed by atoms with Crippen LogP contribution in [0, 0.1) is 0 Å². The maximum Gasteiger partial charge on any atom is 0.0841 e. The summed E-state index contributed by atoms with van der Waals surface area (Å²) in [5, 5.41) is 10.9. The maximum atomic E-state index is 10.2. The van der Waals surface area contributed by atoms with E-state index < -0.39 is 6.10 Å². The molecule has 0 aliphatic rings. The number of hydrogen-bond donors (Lipinski definition) is 1. The first-order chi connectivity index (χ1) is 8.16. The van der Waals surface area contributed by atoms with Gasteiger partial charge in [0.05, 0.1) is 6.10 Å². The monoisotopic (exact) mass is 310 g/mol. The van der Waals surface area contributed by atoms with E-state index in [1.54, 1.807) is 0 Å². The van der Waals surface area contributed by atoms with Crippen LogP contribution in [0.25, 0.3) is 0 Å². The third kappa shape index (κ3) is 3.32. The van der Waals surface area contributed by atoms with Gasteiger partial charge in [-0.05, 0) is 29.3 Å². The highest BCUT2D eigenvalue weighted by atomic mass is 79.9. The molecule has 2 aromatic carbocycles. The van der Waals surface area contributed by atoms with E-state index >= 15 is 0 Å². The summed E-state index contributed by atoms with van der Waals surface area (Å²) in [4.78, 5) is 0. The smallest absolute Gasteiger partial charge is 0.0841 e. The van der Waals surface area contributed by atoms with Crippen molar-refractivity contribution >= 4 is 27.5 Å². The first-order valence-electron chi connectivity index (χ1n) is 5.34. The van der Waals surface area contributed by atoms with Crippen molar-refractivity contribution in [2.45, 2.75) is 12.5 Å². The lowest BCUT2D eigenvalue weighted by Gasteiger charge is -2.13. The van der Waals surface area contributed by atoms with E-state index in [0.717, 1.165) is 15.6 Å². The van der Waals surface area contributed by atoms with Gasteiger partial charge in [0.2, 0.25) is 0 Å². The van der Waals surface area contributed by atoms with Crippen LogP contribution >= 0.6 is 27.5 Å². The summed E-state index contributed by atoms with van der Waals surface area (Å²) < 4.78 is 0.925. The summed E-state index contributed by atoms with van der Waals surface area (Å²) in [5.41, 5.74) is 1.92. The first-order valence-corrected chi connectivity index (χ1v) is 6.51. The van der Waals surface area contributed by atoms with E-state index in [0.29, 0.717) is 11.4 Å². The van der Waals surface area contributed by atoms with E-state index in [9.17, 15) is 5.11 Å². The Morgan fingerprint density at radius 1 is 1.12 bits per heavy atom. The van der Waals surface area contributed by atoms with Gasteiger partial charge in [-0.25, -0.2) is 0 Å². The van der Waals surface area contributed by atoms with Crippen molar-refractivity contribution in [1.82, 2.24) is 0 Å². The third-order valence-electron chi connectivity index (χ3n) is 2.58. The van der Waals surface area contributed by atoms with Gasteiger partial charge in [0.1, 0.15) is 0 Å². The van der Waals surface area contributed by atoms with Gasteiger partial charge in [-0.2, -0.15) is 0 Å². The number of aliphatic hydroxyl groups excluding tert-OH is 1. The van der Waals surface area contributed by atoms with Gasteiger partial charge in [0.15, 0.2) is 0 Å². The maximum absolute atomic E-state index is 10.2. The molecule has 0 bridgehead atoms. The quantitative estimate of drug-likeness (QED) is 0.892. The van der Waals surface area contributed by atoms with E-state index in [1.165, 1.54) is 0 Å². The minimum atomic E-state index is -0.524. The Morgan fingerprint density at radius 2 is 1.88 bits per heavy atom. The van der Waals surface area contributed by atoms with Crippen molar-refractivity contribution in [3.63, 3.8) is 0 Å². The molecule has 1 nitrogen and oxygen atoms in total. The molecule has 2 rings (SSSR count). The van der Waals surface area contributed by atoms with Crippen molar-refractivity contribution in [2.75, 3.05) is 0 Å². The van der Waals surface area contributed by atoms with Crippen LogP contribution in [0.3, 0.4) is 0 Å². The van der Waals surface area contributed by atoms with Crippen LogP contribution in [-0.4, -0.2) is 5.11 Å². The van der Waals surface area contributed by atoms with Gasteiger partial charge in [0, 0.05) is 15.9 Å². The molecule has 0 spiro atoms. The summed E-state index contributed by atoms with van der Waals surface area (Å²) in [6, 6.07) is 15.3. The van der Waals surface area contributed by atoms with Crippen molar-refractivity contribution in [1.29, 1.82) is 0 Å². The highest BCUT2D eigenvalue weighted by Gasteiger charge is 2.11. The highest BCUT2D eigenvalue weighted by Crippen LogP contribution is 2.26. The molecule has 3 heteroatoms. The Bertz CT molecular complexity index is 513. The van der Waals surface area contributed by atoms with E-state index in [2.05, 4.69) is 15.9 Å². The topological polar surface area (TPSA) is 20.2 Å². The molecule has 0 heterocycles. The molecule has 0 amide bonds. The van der Waals surface area contributed by atoms with Gasteiger partial charge in [-0.1, -0.05) is 57.9 Å². The molecular weight excluding hydrogens is 300 g/mol. The lowest BCUT2D eigenvalue weighted by atomic mass is 10.0. The SMILES string of the molecule is OC(Cc1cccc(Cl)c1)c1ccccc1Br. The molecule has 2 aromatic rings. The Balaban J connectivity index is 2.17. The molecule has 1 atom stereocenters. The molecule has 0 saturated carbocycles. The molecule has 0 aliphatic heterocycles. The zero-order chi connectivity index (χ0) is 12.3. The predicted octanol–water partition coefficient (Wildman–Crippen LogP) is 4.38. The van der Waals surface area contributed by atoms with E-state index in [1.807, 2.05) is 48.5 Å². The fourth-order valence-corrected chi connectivity index (χ4v) is 2.50. The molecule has 0 saturated heterocycles. The fraction of sp³-hybridized carbons (Fsp3) is 0.143. The van der Waals surface area contributed by atoms with E-state index in [4.69, 9.17) is 11.6 Å². The number of rotatable bonds is 3. The van der Waals surface area contributed by atoms with Gasteiger partial charge in [-0.15, -0.1) is 0 Å². The fourth-order valence-electron chi connectivity index (χ4n) is 1.74. The van der Waals surface area contributed by atoms with Crippen molar-refractivity contribution < 1.29 is 5.11 Å². The van der Waals surface area contributed by atoms with Crippen LogP contribution < -0.4 is 0 Å². The summed E-state index contributed by atoms with van der Waals surface area (Å²) in [5.74, 6) is 0. The van der Waals surface area contributed by atoms with Gasteiger partial charge in [0.25, 0.3) is 0 Å². The zero-order valence-corrected chi connectivity index (χ0v) is 11.4. The molecule has 0 fully saturated rings. The van der Waals surface area contributed by atoms with Gasteiger partial charge >= 0.3 is 0 Å². The number of hydrogen-bond acceptors (Lipinski definition) is 1. The molecule has 17 heavy (non-hydrogen) atoms. The summed E-state index contributed by atoms with van der Waals surface area (Å²) in [6.45, 7) is 0. The van der Waals surface area contributed by atoms with Crippen molar-refractivity contribution in [2.24, 2.45) is 0 Å². The third-order valence-corrected chi connectivity index (χ3v) is 3.54. The first kappa shape index (κ1) is 12.6.